The van der Waals surface area contributed by atoms with Crippen LogP contribution in [0.1, 0.15) is 30.6 Å². The molecule has 0 saturated carbocycles. The van der Waals surface area contributed by atoms with Crippen molar-refractivity contribution in [3.8, 4) is 5.75 Å². The van der Waals surface area contributed by atoms with Gasteiger partial charge in [-0.05, 0) is 29.9 Å². The molecule has 136 valence electrons. The van der Waals surface area contributed by atoms with Crippen LogP contribution in [-0.4, -0.2) is 36.3 Å². The highest BCUT2D eigenvalue weighted by atomic mass is 35.5. The molecular formula is C17H20ClNO5S. The summed E-state index contributed by atoms with van der Waals surface area (Å²) >= 11 is 5.67. The average Bonchev–Trinajstić information content (AvgIpc) is 2.52. The Morgan fingerprint density at radius 1 is 1.28 bits per heavy atom. The summed E-state index contributed by atoms with van der Waals surface area (Å²) < 4.78 is 31.9. The Labute approximate surface area is 151 Å². The summed E-state index contributed by atoms with van der Waals surface area (Å²) in [6.07, 6.45) is 0.842. The lowest BCUT2D eigenvalue weighted by molar-refractivity contribution is 0.102. The Morgan fingerprint density at radius 2 is 1.96 bits per heavy atom. The van der Waals surface area contributed by atoms with Crippen LogP contribution in [0.15, 0.2) is 29.2 Å². The minimum absolute atomic E-state index is 0.214. The normalized spacial score (nSPS) is 11.9. The molecule has 0 aliphatic heterocycles. The number of phenols is 1. The van der Waals surface area contributed by atoms with Gasteiger partial charge in [0.1, 0.15) is 5.75 Å². The second kappa shape index (κ2) is 7.59. The number of anilines is 1. The molecule has 0 spiro atoms. The fourth-order valence-electron chi connectivity index (χ4n) is 2.54. The van der Waals surface area contributed by atoms with Crippen LogP contribution in [0.3, 0.4) is 0 Å². The summed E-state index contributed by atoms with van der Waals surface area (Å²) in [5, 5.41) is 14.2. The zero-order chi connectivity index (χ0) is 18.8. The molecule has 0 amide bonds. The number of benzene rings is 2. The summed E-state index contributed by atoms with van der Waals surface area (Å²) in [6, 6.07) is 5.24. The molecule has 0 atom stereocenters. The largest absolute Gasteiger partial charge is 0.507 e. The van der Waals surface area contributed by atoms with Crippen LogP contribution in [0.4, 0.5) is 5.69 Å². The lowest BCUT2D eigenvalue weighted by Crippen LogP contribution is -2.11. The molecule has 0 unspecified atom stereocenters. The van der Waals surface area contributed by atoms with Crippen molar-refractivity contribution < 1.29 is 22.9 Å². The minimum Gasteiger partial charge on any atom is -0.507 e. The molecule has 0 radical (unpaired) electrons. The molecule has 2 aromatic rings. The van der Waals surface area contributed by atoms with Gasteiger partial charge in [0.15, 0.2) is 5.78 Å². The molecule has 2 rings (SSSR count). The van der Waals surface area contributed by atoms with Gasteiger partial charge in [-0.1, -0.05) is 19.9 Å². The van der Waals surface area contributed by atoms with E-state index in [-0.39, 0.29) is 17.4 Å². The smallest absolute Gasteiger partial charge is 0.294 e. The van der Waals surface area contributed by atoms with Crippen LogP contribution < -0.4 is 5.32 Å². The number of carbonyl (C=O) groups is 1. The van der Waals surface area contributed by atoms with Crippen molar-refractivity contribution in [2.45, 2.75) is 25.2 Å². The van der Waals surface area contributed by atoms with Crippen LogP contribution in [0.25, 0.3) is 10.8 Å². The first-order valence-electron chi connectivity index (χ1n) is 7.75. The number of carbonyl (C=O) groups excluding carboxylic acids is 1. The van der Waals surface area contributed by atoms with Crippen molar-refractivity contribution in [2.24, 2.45) is 5.92 Å². The number of hydrogen-bond donors (Lipinski definition) is 3. The van der Waals surface area contributed by atoms with Crippen LogP contribution in [0.2, 0.25) is 0 Å². The second-order valence-corrected chi connectivity index (χ2v) is 7.86. The summed E-state index contributed by atoms with van der Waals surface area (Å²) in [4.78, 5) is 11.7. The number of alkyl halides is 1. The zero-order valence-corrected chi connectivity index (χ0v) is 15.5. The summed E-state index contributed by atoms with van der Waals surface area (Å²) in [5.74, 6) is -0.432. The SMILES string of the molecule is CC(C)CCNc1c(C(=O)CCl)ccc2cc(S(=O)(=O)O)cc(O)c12. The maximum atomic E-state index is 12.1. The minimum atomic E-state index is -4.46. The molecule has 0 aliphatic carbocycles. The molecule has 0 fully saturated rings. The van der Waals surface area contributed by atoms with Crippen molar-refractivity contribution in [2.75, 3.05) is 17.7 Å². The molecule has 6 nitrogen and oxygen atoms in total. The highest BCUT2D eigenvalue weighted by Gasteiger charge is 2.19. The quantitative estimate of drug-likeness (QED) is 0.381. The van der Waals surface area contributed by atoms with E-state index in [1.54, 1.807) is 0 Å². The van der Waals surface area contributed by atoms with E-state index >= 15 is 0 Å². The van der Waals surface area contributed by atoms with Gasteiger partial charge in [0.25, 0.3) is 10.1 Å². The first-order valence-corrected chi connectivity index (χ1v) is 9.73. The van der Waals surface area contributed by atoms with Crippen molar-refractivity contribution in [3.63, 3.8) is 0 Å². The van der Waals surface area contributed by atoms with E-state index in [1.165, 1.54) is 18.2 Å². The molecule has 2 aromatic carbocycles. The van der Waals surface area contributed by atoms with Crippen molar-refractivity contribution in [3.05, 3.63) is 29.8 Å². The number of ketones is 1. The summed E-state index contributed by atoms with van der Waals surface area (Å²) in [5.41, 5.74) is 0.726. The number of nitrogens with one attached hydrogen (secondary N) is 1. The fourth-order valence-corrected chi connectivity index (χ4v) is 3.22. The predicted molar refractivity (Wildman–Crippen MR) is 98.4 cm³/mol. The Hall–Kier alpha value is -1.83. The standard InChI is InChI=1S/C17H20ClNO5S/c1-10(2)5-6-19-17-13(15(21)9-18)4-3-11-7-12(25(22,23)24)8-14(20)16(11)17/h3-4,7-8,10,19-20H,5-6,9H2,1-2H3,(H,22,23,24). The third kappa shape index (κ3) is 4.42. The van der Waals surface area contributed by atoms with Gasteiger partial charge < -0.3 is 10.4 Å². The lowest BCUT2D eigenvalue weighted by Gasteiger charge is -2.16. The van der Waals surface area contributed by atoms with Gasteiger partial charge in [-0.15, -0.1) is 11.6 Å². The van der Waals surface area contributed by atoms with Crippen LogP contribution in [-0.2, 0) is 10.1 Å². The van der Waals surface area contributed by atoms with E-state index in [2.05, 4.69) is 19.2 Å². The van der Waals surface area contributed by atoms with E-state index in [0.29, 0.717) is 34.5 Å². The lowest BCUT2D eigenvalue weighted by atomic mass is 10.00. The van der Waals surface area contributed by atoms with Gasteiger partial charge in [-0.25, -0.2) is 0 Å². The van der Waals surface area contributed by atoms with Gasteiger partial charge in [-0.2, -0.15) is 8.42 Å². The van der Waals surface area contributed by atoms with Gasteiger partial charge in [0.05, 0.1) is 16.5 Å². The Balaban J connectivity index is 2.67. The first-order chi connectivity index (χ1) is 11.6. The number of halogens is 1. The predicted octanol–water partition coefficient (Wildman–Crippen LogP) is 3.67. The number of hydrogen-bond acceptors (Lipinski definition) is 5. The van der Waals surface area contributed by atoms with Crippen molar-refractivity contribution >= 4 is 44.0 Å². The third-order valence-electron chi connectivity index (χ3n) is 3.81. The van der Waals surface area contributed by atoms with Crippen molar-refractivity contribution in [1.29, 1.82) is 0 Å². The van der Waals surface area contributed by atoms with E-state index in [4.69, 9.17) is 11.6 Å². The van der Waals surface area contributed by atoms with Crippen LogP contribution in [0, 0.1) is 5.92 Å². The van der Waals surface area contributed by atoms with Crippen LogP contribution in [0.5, 0.6) is 5.75 Å². The zero-order valence-electron chi connectivity index (χ0n) is 13.9. The van der Waals surface area contributed by atoms with Gasteiger partial charge in [-0.3, -0.25) is 9.35 Å². The number of Topliss-reactive ketones (excluding diaryl/α,β-unsaturated/α-hetero) is 1. The molecule has 25 heavy (non-hydrogen) atoms. The average molecular weight is 386 g/mol. The van der Waals surface area contributed by atoms with E-state index in [9.17, 15) is 22.9 Å². The molecule has 0 aromatic heterocycles. The Kier molecular flexibility index (Phi) is 5.92. The van der Waals surface area contributed by atoms with Gasteiger partial charge in [0.2, 0.25) is 0 Å². The molecule has 0 bridgehead atoms. The molecular weight excluding hydrogens is 366 g/mol. The highest BCUT2D eigenvalue weighted by Crippen LogP contribution is 2.37. The summed E-state index contributed by atoms with van der Waals surface area (Å²) in [6.45, 7) is 4.69. The summed E-state index contributed by atoms with van der Waals surface area (Å²) in [7, 11) is -4.46. The topological polar surface area (TPSA) is 104 Å². The fraction of sp³-hybridized carbons (Fsp3) is 0.353. The maximum Gasteiger partial charge on any atom is 0.294 e. The van der Waals surface area contributed by atoms with E-state index in [1.807, 2.05) is 0 Å². The molecule has 0 saturated heterocycles. The Morgan fingerprint density at radius 3 is 2.52 bits per heavy atom. The van der Waals surface area contributed by atoms with Crippen molar-refractivity contribution in [1.82, 2.24) is 0 Å². The molecule has 8 heteroatoms. The number of phenolic OH excluding ortho intramolecular Hbond substituents is 1. The van der Waals surface area contributed by atoms with Gasteiger partial charge >= 0.3 is 0 Å². The third-order valence-corrected chi connectivity index (χ3v) is 4.89. The molecule has 0 aliphatic rings. The Bertz CT molecular complexity index is 909. The molecule has 0 heterocycles. The first kappa shape index (κ1) is 19.5. The van der Waals surface area contributed by atoms with E-state index < -0.39 is 15.0 Å². The van der Waals surface area contributed by atoms with Gasteiger partial charge in [0, 0.05) is 23.6 Å². The maximum absolute atomic E-state index is 12.1. The number of aromatic hydroxyl groups is 1. The number of fused-ring (bicyclic) bond motifs is 1. The van der Waals surface area contributed by atoms with E-state index in [0.717, 1.165) is 12.5 Å². The highest BCUT2D eigenvalue weighted by molar-refractivity contribution is 7.85. The number of rotatable bonds is 7. The van der Waals surface area contributed by atoms with Crippen LogP contribution >= 0.6 is 11.6 Å². The second-order valence-electron chi connectivity index (χ2n) is 6.17. The molecule has 3 N–H and O–H groups in total. The monoisotopic (exact) mass is 385 g/mol.